The number of rotatable bonds is 3. The summed E-state index contributed by atoms with van der Waals surface area (Å²) in [6, 6.07) is 12.6. The van der Waals surface area contributed by atoms with Crippen molar-refractivity contribution in [2.45, 2.75) is 13.0 Å². The Labute approximate surface area is 105 Å². The number of carbonyl (C=O) groups excluding carboxylic acids is 1. The first-order chi connectivity index (χ1) is 8.66. The van der Waals surface area contributed by atoms with E-state index in [2.05, 4.69) is 5.32 Å². The normalized spacial score (nSPS) is 11.8. The predicted molar refractivity (Wildman–Crippen MR) is 67.7 cm³/mol. The minimum absolute atomic E-state index is 0.0710. The highest BCUT2D eigenvalue weighted by Crippen LogP contribution is 2.11. The number of aromatic nitrogens is 1. The molecule has 1 amide bonds. The van der Waals surface area contributed by atoms with Gasteiger partial charge >= 0.3 is 0 Å². The van der Waals surface area contributed by atoms with Gasteiger partial charge in [0.1, 0.15) is 0 Å². The fourth-order valence-corrected chi connectivity index (χ4v) is 1.67. The number of nitrogens with one attached hydrogen (secondary N) is 1. The number of benzene rings is 1. The van der Waals surface area contributed by atoms with Crippen molar-refractivity contribution in [1.82, 2.24) is 5.32 Å². The third-order valence-corrected chi connectivity index (χ3v) is 2.71. The fourth-order valence-electron chi connectivity index (χ4n) is 1.67. The molecule has 92 valence electrons. The van der Waals surface area contributed by atoms with Crippen LogP contribution in [0.3, 0.4) is 0 Å². The molecule has 18 heavy (non-hydrogen) atoms. The van der Waals surface area contributed by atoms with E-state index < -0.39 is 0 Å². The third-order valence-electron chi connectivity index (χ3n) is 2.71. The standard InChI is InChI=1S/C14H14N2O2/c1-11(12-5-3-2-4-6-12)15-14(17)13-7-9-16(18)10-8-13/h2-11H,1H3,(H,15,17). The number of carbonyl (C=O) groups is 1. The summed E-state index contributed by atoms with van der Waals surface area (Å²) >= 11 is 0. The molecule has 4 nitrogen and oxygen atoms in total. The minimum atomic E-state index is -0.188. The van der Waals surface area contributed by atoms with Gasteiger partial charge in [0.15, 0.2) is 12.4 Å². The fraction of sp³-hybridized carbons (Fsp3) is 0.143. The SMILES string of the molecule is CC(NC(=O)c1cc[n+]([O-])cc1)c1ccccc1. The summed E-state index contributed by atoms with van der Waals surface area (Å²) in [4.78, 5) is 11.9. The van der Waals surface area contributed by atoms with Gasteiger partial charge in [-0.3, -0.25) is 4.79 Å². The molecule has 1 aromatic heterocycles. The Morgan fingerprint density at radius 2 is 1.78 bits per heavy atom. The van der Waals surface area contributed by atoms with Crippen LogP contribution in [0.25, 0.3) is 0 Å². The van der Waals surface area contributed by atoms with Crippen LogP contribution in [-0.2, 0) is 0 Å². The van der Waals surface area contributed by atoms with E-state index in [-0.39, 0.29) is 11.9 Å². The van der Waals surface area contributed by atoms with E-state index in [0.717, 1.165) is 5.56 Å². The second kappa shape index (κ2) is 5.31. The number of hydrogen-bond acceptors (Lipinski definition) is 2. The van der Waals surface area contributed by atoms with Gasteiger partial charge in [0.25, 0.3) is 5.91 Å². The first-order valence-corrected chi connectivity index (χ1v) is 5.71. The number of amides is 1. The molecule has 2 rings (SSSR count). The van der Waals surface area contributed by atoms with E-state index >= 15 is 0 Å². The van der Waals surface area contributed by atoms with E-state index in [4.69, 9.17) is 0 Å². The van der Waals surface area contributed by atoms with E-state index in [9.17, 15) is 10.0 Å². The predicted octanol–water partition coefficient (Wildman–Crippen LogP) is 1.81. The Kier molecular flexibility index (Phi) is 3.57. The molecule has 0 aliphatic heterocycles. The van der Waals surface area contributed by atoms with Crippen LogP contribution >= 0.6 is 0 Å². The van der Waals surface area contributed by atoms with Gasteiger partial charge in [-0.2, -0.15) is 4.73 Å². The maximum Gasteiger partial charge on any atom is 0.252 e. The van der Waals surface area contributed by atoms with E-state index in [1.165, 1.54) is 24.5 Å². The molecule has 0 fully saturated rings. The molecule has 1 unspecified atom stereocenters. The summed E-state index contributed by atoms with van der Waals surface area (Å²) in [5.74, 6) is -0.188. The first kappa shape index (κ1) is 12.1. The Morgan fingerprint density at radius 1 is 1.17 bits per heavy atom. The molecule has 2 aromatic rings. The molecule has 1 atom stereocenters. The van der Waals surface area contributed by atoms with Crippen molar-refractivity contribution in [2.24, 2.45) is 0 Å². The third kappa shape index (κ3) is 2.85. The molecular formula is C14H14N2O2. The highest BCUT2D eigenvalue weighted by atomic mass is 16.5. The summed E-state index contributed by atoms with van der Waals surface area (Å²) in [7, 11) is 0. The van der Waals surface area contributed by atoms with Gasteiger partial charge in [-0.05, 0) is 12.5 Å². The molecule has 1 heterocycles. The van der Waals surface area contributed by atoms with Gasteiger partial charge in [-0.15, -0.1) is 0 Å². The largest absolute Gasteiger partial charge is 0.619 e. The molecule has 0 saturated heterocycles. The number of pyridine rings is 1. The van der Waals surface area contributed by atoms with Crippen molar-refractivity contribution in [2.75, 3.05) is 0 Å². The summed E-state index contributed by atoms with van der Waals surface area (Å²) in [6.45, 7) is 1.92. The number of nitrogens with zero attached hydrogens (tertiary/aromatic N) is 1. The van der Waals surface area contributed by atoms with Crippen LogP contribution < -0.4 is 10.0 Å². The Morgan fingerprint density at radius 3 is 2.39 bits per heavy atom. The molecule has 0 radical (unpaired) electrons. The van der Waals surface area contributed by atoms with Gasteiger partial charge in [0, 0.05) is 12.1 Å². The maximum absolute atomic E-state index is 11.9. The molecule has 4 heteroatoms. The van der Waals surface area contributed by atoms with Crippen LogP contribution in [0, 0.1) is 5.21 Å². The van der Waals surface area contributed by atoms with Crippen LogP contribution in [0.15, 0.2) is 54.9 Å². The minimum Gasteiger partial charge on any atom is -0.619 e. The van der Waals surface area contributed by atoms with E-state index in [1.54, 1.807) is 0 Å². The highest BCUT2D eigenvalue weighted by Gasteiger charge is 2.11. The second-order valence-corrected chi connectivity index (χ2v) is 4.05. The monoisotopic (exact) mass is 242 g/mol. The molecular weight excluding hydrogens is 228 g/mol. The molecule has 1 N–H and O–H groups in total. The zero-order chi connectivity index (χ0) is 13.0. The molecule has 0 spiro atoms. The Hall–Kier alpha value is -2.36. The van der Waals surface area contributed by atoms with Crippen molar-refractivity contribution in [3.8, 4) is 0 Å². The number of hydrogen-bond donors (Lipinski definition) is 1. The topological polar surface area (TPSA) is 56.0 Å². The molecule has 1 aromatic carbocycles. The van der Waals surface area contributed by atoms with Gasteiger partial charge < -0.3 is 10.5 Å². The summed E-state index contributed by atoms with van der Waals surface area (Å²) < 4.78 is 0.650. The summed E-state index contributed by atoms with van der Waals surface area (Å²) in [5.41, 5.74) is 1.52. The lowest BCUT2D eigenvalue weighted by Gasteiger charge is -2.14. The zero-order valence-corrected chi connectivity index (χ0v) is 10.0. The van der Waals surface area contributed by atoms with Crippen molar-refractivity contribution >= 4 is 5.91 Å². The van der Waals surface area contributed by atoms with Gasteiger partial charge in [-0.25, -0.2) is 0 Å². The Bertz CT molecular complexity index is 523. The lowest BCUT2D eigenvalue weighted by atomic mass is 10.1. The van der Waals surface area contributed by atoms with Crippen molar-refractivity contribution in [3.63, 3.8) is 0 Å². The van der Waals surface area contributed by atoms with Crippen LogP contribution in [0.5, 0.6) is 0 Å². The summed E-state index contributed by atoms with van der Waals surface area (Å²) in [6.07, 6.45) is 2.62. The zero-order valence-electron chi connectivity index (χ0n) is 10.0. The average Bonchev–Trinajstić information content (AvgIpc) is 2.40. The molecule has 0 aliphatic rings. The van der Waals surface area contributed by atoms with Crippen molar-refractivity contribution < 1.29 is 9.52 Å². The molecule has 0 saturated carbocycles. The molecule has 0 bridgehead atoms. The quantitative estimate of drug-likeness (QED) is 0.659. The maximum atomic E-state index is 11.9. The Balaban J connectivity index is 2.06. The van der Waals surface area contributed by atoms with Gasteiger partial charge in [-0.1, -0.05) is 30.3 Å². The van der Waals surface area contributed by atoms with E-state index in [1.807, 2.05) is 37.3 Å². The van der Waals surface area contributed by atoms with Crippen LogP contribution in [-0.4, -0.2) is 5.91 Å². The van der Waals surface area contributed by atoms with Crippen LogP contribution in [0.1, 0.15) is 28.9 Å². The van der Waals surface area contributed by atoms with Crippen LogP contribution in [0.4, 0.5) is 0 Å². The lowest BCUT2D eigenvalue weighted by Crippen LogP contribution is -2.29. The molecule has 0 aliphatic carbocycles. The lowest BCUT2D eigenvalue weighted by molar-refractivity contribution is -0.605. The highest BCUT2D eigenvalue weighted by molar-refractivity contribution is 5.94. The average molecular weight is 242 g/mol. The smallest absolute Gasteiger partial charge is 0.252 e. The summed E-state index contributed by atoms with van der Waals surface area (Å²) in [5, 5.41) is 13.8. The first-order valence-electron chi connectivity index (χ1n) is 5.71. The van der Waals surface area contributed by atoms with Crippen LogP contribution in [0.2, 0.25) is 0 Å². The van der Waals surface area contributed by atoms with Gasteiger partial charge in [0.05, 0.1) is 11.6 Å². The second-order valence-electron chi connectivity index (χ2n) is 4.05. The van der Waals surface area contributed by atoms with Gasteiger partial charge in [0.2, 0.25) is 0 Å². The van der Waals surface area contributed by atoms with E-state index in [0.29, 0.717) is 10.3 Å². The van der Waals surface area contributed by atoms with Crippen molar-refractivity contribution in [1.29, 1.82) is 0 Å². The van der Waals surface area contributed by atoms with Crippen molar-refractivity contribution in [3.05, 3.63) is 71.2 Å².